The maximum Gasteiger partial charge on any atom is 0.223 e. The van der Waals surface area contributed by atoms with Crippen molar-refractivity contribution in [1.82, 2.24) is 4.90 Å². The molecule has 0 spiro atoms. The Morgan fingerprint density at radius 2 is 1.90 bits per heavy atom. The third-order valence-corrected chi connectivity index (χ3v) is 11.6. The molecule has 5 nitrogen and oxygen atoms in total. The zero-order valence-corrected chi connectivity index (χ0v) is 24.3. The maximum absolute atomic E-state index is 14.5. The molecule has 0 aromatic carbocycles. The van der Waals surface area contributed by atoms with Crippen molar-refractivity contribution < 1.29 is 23.4 Å². The summed E-state index contributed by atoms with van der Waals surface area (Å²) in [7, 11) is 0. The number of amides is 1. The van der Waals surface area contributed by atoms with Gasteiger partial charge in [0.2, 0.25) is 5.91 Å². The SMILES string of the molecule is CC1CCC2C(CCN(C(=O)CC3CCC4OC(C(C)(O)C5CC=NC=C5F)=CC4C3)C2C2CCC(F)CC2)C1. The predicted octanol–water partition coefficient (Wildman–Crippen LogP) is 6.91. The smallest absolute Gasteiger partial charge is 0.223 e. The number of ether oxygens (including phenoxy) is 1. The third-order valence-electron chi connectivity index (χ3n) is 11.6. The third kappa shape index (κ3) is 5.53. The summed E-state index contributed by atoms with van der Waals surface area (Å²) in [6, 6.07) is 0.279. The highest BCUT2D eigenvalue weighted by atomic mass is 19.1. The van der Waals surface area contributed by atoms with Crippen LogP contribution in [0, 0.1) is 41.4 Å². The summed E-state index contributed by atoms with van der Waals surface area (Å²) < 4.78 is 34.8. The number of rotatable bonds is 5. The molecule has 1 amide bonds. The van der Waals surface area contributed by atoms with E-state index in [0.717, 1.165) is 51.0 Å². The fourth-order valence-corrected chi connectivity index (χ4v) is 9.29. The first-order chi connectivity index (χ1) is 19.2. The van der Waals surface area contributed by atoms with E-state index in [2.05, 4.69) is 16.8 Å². The number of likely N-dealkylation sites (tertiary alicyclic amines) is 1. The van der Waals surface area contributed by atoms with E-state index in [0.29, 0.717) is 49.2 Å². The molecule has 9 atom stereocenters. The van der Waals surface area contributed by atoms with Gasteiger partial charge in [-0.1, -0.05) is 13.3 Å². The fourth-order valence-electron chi connectivity index (χ4n) is 9.29. The Balaban J connectivity index is 1.12. The van der Waals surface area contributed by atoms with Gasteiger partial charge >= 0.3 is 0 Å². The number of aliphatic hydroxyl groups is 1. The molecule has 222 valence electrons. The zero-order valence-electron chi connectivity index (χ0n) is 24.3. The van der Waals surface area contributed by atoms with Gasteiger partial charge in [-0.2, -0.15) is 0 Å². The molecular formula is C33H48F2N2O3. The molecule has 40 heavy (non-hydrogen) atoms. The summed E-state index contributed by atoms with van der Waals surface area (Å²) in [5.74, 6) is 2.55. The zero-order chi connectivity index (χ0) is 28.0. The number of carbonyl (C=O) groups excluding carboxylic acids is 1. The lowest BCUT2D eigenvalue weighted by molar-refractivity contribution is -0.144. The van der Waals surface area contributed by atoms with Crippen molar-refractivity contribution in [2.45, 2.75) is 121 Å². The summed E-state index contributed by atoms with van der Waals surface area (Å²) in [5, 5.41) is 11.3. The van der Waals surface area contributed by atoms with Crippen LogP contribution in [0.2, 0.25) is 0 Å². The lowest BCUT2D eigenvalue weighted by Crippen LogP contribution is -2.57. The van der Waals surface area contributed by atoms with Crippen LogP contribution < -0.4 is 0 Å². The van der Waals surface area contributed by atoms with E-state index >= 15 is 0 Å². The summed E-state index contributed by atoms with van der Waals surface area (Å²) in [4.78, 5) is 20.1. The second-order valence-electron chi connectivity index (χ2n) is 14.2. The Bertz CT molecular complexity index is 1030. The van der Waals surface area contributed by atoms with Gasteiger partial charge in [0.05, 0.1) is 12.1 Å². The first kappa shape index (κ1) is 28.4. The normalized spacial score (nSPS) is 43.1. The molecule has 3 aliphatic carbocycles. The Labute approximate surface area is 238 Å². The molecule has 1 N–H and O–H groups in total. The van der Waals surface area contributed by atoms with Gasteiger partial charge in [-0.05, 0) is 113 Å². The number of piperidine rings is 1. The Morgan fingerprint density at radius 3 is 2.67 bits per heavy atom. The number of hydrogen-bond donors (Lipinski definition) is 1. The molecular weight excluding hydrogens is 510 g/mol. The van der Waals surface area contributed by atoms with Crippen molar-refractivity contribution in [3.8, 4) is 0 Å². The molecule has 7 heteroatoms. The van der Waals surface area contributed by atoms with Crippen LogP contribution in [0.5, 0.6) is 0 Å². The number of alkyl halides is 1. The average Bonchev–Trinajstić information content (AvgIpc) is 3.37. The van der Waals surface area contributed by atoms with Crippen molar-refractivity contribution in [3.63, 3.8) is 0 Å². The van der Waals surface area contributed by atoms with Gasteiger partial charge < -0.3 is 14.7 Å². The molecule has 6 aliphatic rings. The van der Waals surface area contributed by atoms with Crippen molar-refractivity contribution in [2.24, 2.45) is 46.4 Å². The van der Waals surface area contributed by atoms with Crippen molar-refractivity contribution in [3.05, 3.63) is 23.9 Å². The number of carbonyl (C=O) groups is 1. The minimum absolute atomic E-state index is 0.0132. The van der Waals surface area contributed by atoms with Crippen LogP contribution in [0.1, 0.15) is 97.3 Å². The first-order valence-electron chi connectivity index (χ1n) is 16.1. The van der Waals surface area contributed by atoms with Gasteiger partial charge in [0.25, 0.3) is 0 Å². The highest BCUT2D eigenvalue weighted by Gasteiger charge is 2.48. The Morgan fingerprint density at radius 1 is 1.10 bits per heavy atom. The minimum Gasteiger partial charge on any atom is -0.491 e. The fraction of sp³-hybridized carbons (Fsp3) is 0.818. The van der Waals surface area contributed by atoms with Gasteiger partial charge in [0.15, 0.2) is 0 Å². The van der Waals surface area contributed by atoms with Crippen LogP contribution in [0.3, 0.4) is 0 Å². The lowest BCUT2D eigenvalue weighted by Gasteiger charge is -2.53. The largest absolute Gasteiger partial charge is 0.491 e. The van der Waals surface area contributed by atoms with Crippen LogP contribution in [0.4, 0.5) is 8.78 Å². The molecule has 0 radical (unpaired) electrons. The summed E-state index contributed by atoms with van der Waals surface area (Å²) in [6.45, 7) is 4.86. The highest BCUT2D eigenvalue weighted by molar-refractivity contribution is 5.77. The predicted molar refractivity (Wildman–Crippen MR) is 152 cm³/mol. The molecule has 0 aromatic rings. The molecule has 1 saturated heterocycles. The molecule has 3 heterocycles. The second-order valence-corrected chi connectivity index (χ2v) is 14.2. The van der Waals surface area contributed by atoms with Crippen LogP contribution in [-0.4, -0.2) is 52.6 Å². The quantitative estimate of drug-likeness (QED) is 0.399. The van der Waals surface area contributed by atoms with Gasteiger partial charge in [-0.25, -0.2) is 8.78 Å². The van der Waals surface area contributed by atoms with Gasteiger partial charge in [0, 0.05) is 31.1 Å². The van der Waals surface area contributed by atoms with Crippen molar-refractivity contribution >= 4 is 12.1 Å². The van der Waals surface area contributed by atoms with Gasteiger partial charge in [-0.3, -0.25) is 9.79 Å². The average molecular weight is 559 g/mol. The topological polar surface area (TPSA) is 62.1 Å². The van der Waals surface area contributed by atoms with Crippen LogP contribution >= 0.6 is 0 Å². The number of nitrogens with zero attached hydrogens (tertiary/aromatic N) is 2. The van der Waals surface area contributed by atoms with E-state index in [1.807, 2.05) is 6.08 Å². The maximum atomic E-state index is 14.5. The van der Waals surface area contributed by atoms with E-state index in [1.54, 1.807) is 13.1 Å². The van der Waals surface area contributed by atoms with Gasteiger partial charge in [-0.15, -0.1) is 0 Å². The van der Waals surface area contributed by atoms with E-state index < -0.39 is 23.5 Å². The number of fused-ring (bicyclic) bond motifs is 2. The molecule has 3 aliphatic heterocycles. The molecule has 9 unspecified atom stereocenters. The molecule has 0 bridgehead atoms. The van der Waals surface area contributed by atoms with E-state index in [1.165, 1.54) is 25.5 Å². The van der Waals surface area contributed by atoms with Crippen LogP contribution in [0.25, 0.3) is 0 Å². The monoisotopic (exact) mass is 558 g/mol. The highest BCUT2D eigenvalue weighted by Crippen LogP contribution is 2.49. The molecule has 4 fully saturated rings. The van der Waals surface area contributed by atoms with Gasteiger partial charge in [0.1, 0.15) is 29.5 Å². The van der Waals surface area contributed by atoms with Crippen LogP contribution in [-0.2, 0) is 9.53 Å². The summed E-state index contributed by atoms with van der Waals surface area (Å²) >= 11 is 0. The Kier molecular flexibility index (Phi) is 8.15. The first-order valence-corrected chi connectivity index (χ1v) is 16.1. The lowest BCUT2D eigenvalue weighted by atomic mass is 9.63. The van der Waals surface area contributed by atoms with Crippen LogP contribution in [0.15, 0.2) is 28.9 Å². The van der Waals surface area contributed by atoms with Crippen molar-refractivity contribution in [2.75, 3.05) is 6.54 Å². The van der Waals surface area contributed by atoms with E-state index in [9.17, 15) is 18.7 Å². The Hall–Kier alpha value is -1.76. The molecule has 6 rings (SSSR count). The number of hydrogen-bond acceptors (Lipinski definition) is 4. The molecule has 0 aromatic heterocycles. The molecule has 3 saturated carbocycles. The van der Waals surface area contributed by atoms with E-state index in [4.69, 9.17) is 4.74 Å². The van der Waals surface area contributed by atoms with E-state index in [-0.39, 0.29) is 29.9 Å². The summed E-state index contributed by atoms with van der Waals surface area (Å²) in [6.07, 6.45) is 15.6. The number of halogens is 2. The number of aliphatic imine (C=N–C) groups is 1. The standard InChI is InChI=1S/C33H48F2N2O3/c1-20-3-9-26-23(15-20)12-14-37(32(26)22-5-7-25(34)8-6-22)31(38)17-21-4-10-29-24(16-21)18-30(40-29)33(2,39)27-11-13-36-19-28(27)35/h13,18-27,29,32,39H,3-12,14-17H2,1-2H3. The second kappa shape index (κ2) is 11.5. The van der Waals surface area contributed by atoms with Crippen molar-refractivity contribution in [1.29, 1.82) is 0 Å². The summed E-state index contributed by atoms with van der Waals surface area (Å²) in [5.41, 5.74) is -1.43. The minimum atomic E-state index is -1.43.